The number of hydrazine groups is 1. The third-order valence-corrected chi connectivity index (χ3v) is 4.78. The fraction of sp³-hybridized carbons (Fsp3) is 0.208. The van der Waals surface area contributed by atoms with E-state index in [0.29, 0.717) is 35.1 Å². The number of hydrogen-bond acceptors (Lipinski definition) is 9. The summed E-state index contributed by atoms with van der Waals surface area (Å²) in [5.74, 6) is 6.39. The Labute approximate surface area is 201 Å². The van der Waals surface area contributed by atoms with Gasteiger partial charge in [0.25, 0.3) is 5.91 Å². The molecular formula is C24H26FN5O5. The molecule has 2 heterocycles. The lowest BCUT2D eigenvalue weighted by Gasteiger charge is -2.15. The fourth-order valence-corrected chi connectivity index (χ4v) is 3.15. The Morgan fingerprint density at radius 3 is 2.74 bits per heavy atom. The number of rotatable bonds is 9. The average Bonchev–Trinajstić information content (AvgIpc) is 3.33. The maximum atomic E-state index is 14.5. The van der Waals surface area contributed by atoms with Gasteiger partial charge in [0.1, 0.15) is 29.0 Å². The number of hydrogen-bond donors (Lipinski definition) is 4. The van der Waals surface area contributed by atoms with Crippen LogP contribution in [0.4, 0.5) is 4.39 Å². The standard InChI is InChI=1S/C23H23FN4O5.CH3N/c1-14(11-28-25)32-16-5-4-15(19(24)9-16)12-27-22(29)18-3-2-8-26-23(18)33-17-6-7-20-21(10-17)31-13-30-20;1-2/h2-10,14,28H,11-13,25H2,1H3,(H,27,29);2H,1H2. The lowest BCUT2D eigenvalue weighted by Crippen LogP contribution is -2.33. The molecule has 10 nitrogen and oxygen atoms in total. The molecule has 0 spiro atoms. The Kier molecular flexibility index (Phi) is 8.93. The lowest BCUT2D eigenvalue weighted by molar-refractivity contribution is 0.0947. The summed E-state index contributed by atoms with van der Waals surface area (Å²) in [6.45, 7) is 4.84. The largest absolute Gasteiger partial charge is 0.489 e. The number of aromatic nitrogens is 1. The van der Waals surface area contributed by atoms with Gasteiger partial charge in [0, 0.05) is 37.0 Å². The van der Waals surface area contributed by atoms with E-state index in [4.69, 9.17) is 30.2 Å². The summed E-state index contributed by atoms with van der Waals surface area (Å²) in [6, 6.07) is 12.7. The molecule has 11 heteroatoms. The van der Waals surface area contributed by atoms with E-state index in [1.54, 1.807) is 42.5 Å². The minimum atomic E-state index is -0.497. The highest BCUT2D eigenvalue weighted by Gasteiger charge is 2.18. The van der Waals surface area contributed by atoms with Gasteiger partial charge < -0.3 is 29.7 Å². The van der Waals surface area contributed by atoms with Crippen molar-refractivity contribution in [1.82, 2.24) is 15.7 Å². The van der Waals surface area contributed by atoms with Crippen molar-refractivity contribution in [2.45, 2.75) is 19.6 Å². The van der Waals surface area contributed by atoms with Crippen molar-refractivity contribution in [2.75, 3.05) is 13.3 Å². The number of nitrogens with zero attached hydrogens (tertiary/aromatic N) is 1. The van der Waals surface area contributed by atoms with Crippen LogP contribution in [0.2, 0.25) is 0 Å². The normalized spacial score (nSPS) is 12.2. The van der Waals surface area contributed by atoms with E-state index in [1.807, 2.05) is 6.92 Å². The van der Waals surface area contributed by atoms with E-state index < -0.39 is 11.7 Å². The summed E-state index contributed by atoms with van der Waals surface area (Å²) >= 11 is 0. The van der Waals surface area contributed by atoms with Crippen LogP contribution in [0.1, 0.15) is 22.8 Å². The third kappa shape index (κ3) is 6.65. The highest BCUT2D eigenvalue weighted by molar-refractivity contribution is 5.96. The van der Waals surface area contributed by atoms with Crippen LogP contribution < -0.4 is 35.5 Å². The molecular weight excluding hydrogens is 457 g/mol. The summed E-state index contributed by atoms with van der Waals surface area (Å²) in [6.07, 6.45) is 1.28. The van der Waals surface area contributed by atoms with Gasteiger partial charge in [-0.2, -0.15) is 0 Å². The Hall–Kier alpha value is -4.22. The molecule has 0 fully saturated rings. The number of carbonyl (C=O) groups excluding carboxylic acids is 1. The van der Waals surface area contributed by atoms with Gasteiger partial charge in [-0.05, 0) is 44.0 Å². The second-order valence-corrected chi connectivity index (χ2v) is 7.25. The van der Waals surface area contributed by atoms with Gasteiger partial charge in [-0.25, -0.2) is 9.37 Å². The molecule has 184 valence electrons. The van der Waals surface area contributed by atoms with Gasteiger partial charge in [0.05, 0.1) is 0 Å². The monoisotopic (exact) mass is 483 g/mol. The Morgan fingerprint density at radius 2 is 1.97 bits per heavy atom. The van der Waals surface area contributed by atoms with Crippen LogP contribution in [-0.4, -0.2) is 37.1 Å². The van der Waals surface area contributed by atoms with Gasteiger partial charge in [0.15, 0.2) is 11.5 Å². The number of benzene rings is 2. The van der Waals surface area contributed by atoms with Crippen molar-refractivity contribution in [3.63, 3.8) is 0 Å². The number of fused-ring (bicyclic) bond motifs is 1. The maximum absolute atomic E-state index is 14.5. The Balaban J connectivity index is 0.00000167. The number of nitrogens with one attached hydrogen (secondary N) is 3. The van der Waals surface area contributed by atoms with Crippen LogP contribution in [0.15, 0.2) is 54.7 Å². The van der Waals surface area contributed by atoms with E-state index in [-0.39, 0.29) is 30.9 Å². The summed E-state index contributed by atoms with van der Waals surface area (Å²) in [5.41, 5.74) is 3.01. The van der Waals surface area contributed by atoms with Crippen molar-refractivity contribution in [2.24, 2.45) is 5.84 Å². The molecule has 0 bridgehead atoms. The highest BCUT2D eigenvalue weighted by atomic mass is 19.1. The smallest absolute Gasteiger partial charge is 0.257 e. The molecule has 1 aromatic heterocycles. The van der Waals surface area contributed by atoms with Crippen LogP contribution >= 0.6 is 0 Å². The van der Waals surface area contributed by atoms with Crippen LogP contribution in [0.5, 0.6) is 28.9 Å². The van der Waals surface area contributed by atoms with Gasteiger partial charge in [0.2, 0.25) is 12.7 Å². The molecule has 0 radical (unpaired) electrons. The van der Waals surface area contributed by atoms with E-state index in [1.165, 1.54) is 12.3 Å². The van der Waals surface area contributed by atoms with Crippen molar-refractivity contribution < 1.29 is 28.1 Å². The molecule has 1 aliphatic heterocycles. The number of amides is 1. The van der Waals surface area contributed by atoms with E-state index in [0.717, 1.165) is 0 Å². The number of ether oxygens (including phenoxy) is 4. The van der Waals surface area contributed by atoms with Crippen molar-refractivity contribution in [3.05, 3.63) is 71.7 Å². The molecule has 5 N–H and O–H groups in total. The van der Waals surface area contributed by atoms with Crippen LogP contribution in [0.25, 0.3) is 0 Å². The topological polar surface area (TPSA) is 141 Å². The van der Waals surface area contributed by atoms with Gasteiger partial charge in [-0.3, -0.25) is 16.1 Å². The molecule has 35 heavy (non-hydrogen) atoms. The minimum absolute atomic E-state index is 0.0246. The summed E-state index contributed by atoms with van der Waals surface area (Å²) in [5, 5.41) is 8.19. The minimum Gasteiger partial charge on any atom is -0.489 e. The summed E-state index contributed by atoms with van der Waals surface area (Å²) < 4.78 is 36.5. The molecule has 1 atom stereocenters. The van der Waals surface area contributed by atoms with Crippen molar-refractivity contribution in [3.8, 4) is 28.9 Å². The molecule has 0 aliphatic carbocycles. The van der Waals surface area contributed by atoms with E-state index in [9.17, 15) is 9.18 Å². The molecule has 0 saturated carbocycles. The molecule has 1 unspecified atom stereocenters. The fourth-order valence-electron chi connectivity index (χ4n) is 3.15. The second-order valence-electron chi connectivity index (χ2n) is 7.25. The molecule has 0 saturated heterocycles. The van der Waals surface area contributed by atoms with Crippen LogP contribution in [0, 0.1) is 11.2 Å². The first-order valence-corrected chi connectivity index (χ1v) is 10.6. The second kappa shape index (κ2) is 12.3. The quantitative estimate of drug-likeness (QED) is 0.207. The Bertz CT molecular complexity index is 1160. The zero-order chi connectivity index (χ0) is 25.2. The Morgan fingerprint density at radius 1 is 1.20 bits per heavy atom. The molecule has 3 aromatic rings. The molecule has 1 amide bonds. The number of nitrogens with two attached hydrogens (primary N) is 1. The first-order valence-electron chi connectivity index (χ1n) is 10.6. The zero-order valence-electron chi connectivity index (χ0n) is 19.0. The highest BCUT2D eigenvalue weighted by Crippen LogP contribution is 2.36. The number of pyridine rings is 1. The third-order valence-electron chi connectivity index (χ3n) is 4.78. The van der Waals surface area contributed by atoms with E-state index in [2.05, 4.69) is 22.4 Å². The van der Waals surface area contributed by atoms with Crippen molar-refractivity contribution in [1.29, 1.82) is 5.41 Å². The van der Waals surface area contributed by atoms with Crippen molar-refractivity contribution >= 4 is 12.6 Å². The first kappa shape index (κ1) is 25.4. The predicted octanol–water partition coefficient (Wildman–Crippen LogP) is 3.17. The lowest BCUT2D eigenvalue weighted by atomic mass is 10.2. The first-order chi connectivity index (χ1) is 17.0. The SMILES string of the molecule is C=N.CC(CNN)Oc1ccc(CNC(=O)c2cccnc2Oc2ccc3c(c2)OCO3)c(F)c1. The summed E-state index contributed by atoms with van der Waals surface area (Å²) in [4.78, 5) is 16.9. The molecule has 4 rings (SSSR count). The summed E-state index contributed by atoms with van der Waals surface area (Å²) in [7, 11) is 0. The van der Waals surface area contributed by atoms with Crippen LogP contribution in [-0.2, 0) is 6.54 Å². The van der Waals surface area contributed by atoms with Gasteiger partial charge in [-0.1, -0.05) is 6.07 Å². The number of carbonyl (C=O) groups is 1. The van der Waals surface area contributed by atoms with E-state index >= 15 is 0 Å². The average molecular weight is 484 g/mol. The maximum Gasteiger partial charge on any atom is 0.257 e. The zero-order valence-corrected chi connectivity index (χ0v) is 19.0. The predicted molar refractivity (Wildman–Crippen MR) is 127 cm³/mol. The molecule has 1 aliphatic rings. The number of halogens is 1. The van der Waals surface area contributed by atoms with Crippen LogP contribution in [0.3, 0.4) is 0 Å². The molecule has 2 aromatic carbocycles. The van der Waals surface area contributed by atoms with Gasteiger partial charge in [-0.15, -0.1) is 0 Å². The van der Waals surface area contributed by atoms with Gasteiger partial charge >= 0.3 is 0 Å².